The van der Waals surface area contributed by atoms with E-state index in [2.05, 4.69) is 20.6 Å². The summed E-state index contributed by atoms with van der Waals surface area (Å²) in [7, 11) is 0. The molecule has 0 amide bonds. The van der Waals surface area contributed by atoms with Gasteiger partial charge in [-0.25, -0.2) is 4.79 Å². The molecule has 21 heavy (non-hydrogen) atoms. The molecule has 7 nitrogen and oxygen atoms in total. The third kappa shape index (κ3) is 2.37. The molecule has 0 bridgehead atoms. The normalized spacial score (nSPS) is 11.0. The second-order valence-electron chi connectivity index (χ2n) is 4.86. The zero-order chi connectivity index (χ0) is 15.0. The van der Waals surface area contributed by atoms with E-state index in [1.54, 1.807) is 6.92 Å². The molecule has 0 N–H and O–H groups in total. The quantitative estimate of drug-likeness (QED) is 0.672. The molecule has 0 unspecified atom stereocenters. The fraction of sp³-hybridized carbons (Fsp3) is 0.286. The number of nitrogens with zero attached hydrogens (tertiary/aromatic N) is 4. The molecule has 0 atom stereocenters. The van der Waals surface area contributed by atoms with Gasteiger partial charge in [-0.2, -0.15) is 5.21 Å². The van der Waals surface area contributed by atoms with Crippen LogP contribution in [0.4, 0.5) is 0 Å². The second kappa shape index (κ2) is 5.01. The van der Waals surface area contributed by atoms with Gasteiger partial charge in [-0.1, -0.05) is 0 Å². The summed E-state index contributed by atoms with van der Waals surface area (Å²) in [4.78, 5) is 11.8. The predicted molar refractivity (Wildman–Crippen MR) is 74.2 cm³/mol. The SMILES string of the molecule is Cc1cc(OCc2nnn[n-]2)c2c(C)c(C)c(=O)oc2c1. The summed E-state index contributed by atoms with van der Waals surface area (Å²) in [6, 6.07) is 3.71. The van der Waals surface area contributed by atoms with Crippen LogP contribution in [0.25, 0.3) is 11.0 Å². The van der Waals surface area contributed by atoms with E-state index >= 15 is 0 Å². The topological polar surface area (TPSA) is 92.2 Å². The maximum Gasteiger partial charge on any atom is 0.339 e. The van der Waals surface area contributed by atoms with Crippen LogP contribution >= 0.6 is 0 Å². The van der Waals surface area contributed by atoms with Crippen molar-refractivity contribution in [3.63, 3.8) is 0 Å². The Morgan fingerprint density at radius 3 is 2.76 bits per heavy atom. The highest BCUT2D eigenvalue weighted by molar-refractivity contribution is 5.88. The van der Waals surface area contributed by atoms with Crippen molar-refractivity contribution in [3.05, 3.63) is 45.1 Å². The molecule has 0 saturated heterocycles. The lowest BCUT2D eigenvalue weighted by atomic mass is 10.0. The van der Waals surface area contributed by atoms with Gasteiger partial charge in [-0.3, -0.25) is 10.3 Å². The number of benzene rings is 1. The van der Waals surface area contributed by atoms with E-state index in [1.165, 1.54) is 0 Å². The Labute approximate surface area is 119 Å². The molecule has 0 fully saturated rings. The summed E-state index contributed by atoms with van der Waals surface area (Å²) in [5.74, 6) is 1.02. The van der Waals surface area contributed by atoms with Crippen molar-refractivity contribution >= 4 is 11.0 Å². The molecule has 3 rings (SSSR count). The lowest BCUT2D eigenvalue weighted by molar-refractivity contribution is 0.298. The van der Waals surface area contributed by atoms with Gasteiger partial charge in [0.2, 0.25) is 0 Å². The van der Waals surface area contributed by atoms with E-state index in [9.17, 15) is 4.79 Å². The first-order valence-electron chi connectivity index (χ1n) is 6.41. The van der Waals surface area contributed by atoms with E-state index in [0.29, 0.717) is 22.7 Å². The van der Waals surface area contributed by atoms with Crippen molar-refractivity contribution in [2.45, 2.75) is 27.4 Å². The van der Waals surface area contributed by atoms with E-state index in [1.807, 2.05) is 26.0 Å². The van der Waals surface area contributed by atoms with E-state index in [-0.39, 0.29) is 12.2 Å². The van der Waals surface area contributed by atoms with Crippen LogP contribution in [0.5, 0.6) is 5.75 Å². The number of aryl methyl sites for hydroxylation is 2. The number of ether oxygens (including phenoxy) is 1. The molecule has 108 valence electrons. The maximum atomic E-state index is 11.8. The summed E-state index contributed by atoms with van der Waals surface area (Å²) in [6.07, 6.45) is 0. The summed E-state index contributed by atoms with van der Waals surface area (Å²) < 4.78 is 11.1. The molecule has 2 heterocycles. The minimum absolute atomic E-state index is 0.156. The molecule has 2 aromatic heterocycles. The van der Waals surface area contributed by atoms with Crippen LogP contribution in [-0.4, -0.2) is 15.5 Å². The monoisotopic (exact) mass is 285 g/mol. The largest absolute Gasteiger partial charge is 0.488 e. The Bertz CT molecular complexity index is 853. The molecule has 1 aromatic carbocycles. The van der Waals surface area contributed by atoms with Gasteiger partial charge in [-0.15, -0.1) is 0 Å². The first kappa shape index (κ1) is 13.3. The lowest BCUT2D eigenvalue weighted by Crippen LogP contribution is -2.07. The van der Waals surface area contributed by atoms with Crippen LogP contribution in [0.2, 0.25) is 0 Å². The summed E-state index contributed by atoms with van der Waals surface area (Å²) in [5.41, 5.74) is 2.53. The molecule has 7 heteroatoms. The highest BCUT2D eigenvalue weighted by Gasteiger charge is 2.13. The Hall–Kier alpha value is -2.70. The zero-order valence-electron chi connectivity index (χ0n) is 11.9. The number of hydrogen-bond acceptors (Lipinski definition) is 6. The van der Waals surface area contributed by atoms with Crippen molar-refractivity contribution in [2.24, 2.45) is 0 Å². The van der Waals surface area contributed by atoms with Crippen molar-refractivity contribution in [1.29, 1.82) is 0 Å². The molecule has 3 aromatic rings. The predicted octanol–water partition coefficient (Wildman–Crippen LogP) is 1.44. The average Bonchev–Trinajstić information content (AvgIpc) is 2.95. The van der Waals surface area contributed by atoms with Gasteiger partial charge < -0.3 is 14.3 Å². The summed E-state index contributed by atoms with van der Waals surface area (Å²) in [5, 5.41) is 15.0. The standard InChI is InChI=1S/C14H13N4O3/c1-7-4-10(20-6-12-15-17-18-16-12)13-8(2)9(3)14(19)21-11(13)5-7/h4-5H,6H2,1-3H3/q-1. The van der Waals surface area contributed by atoms with Crippen molar-refractivity contribution < 1.29 is 9.15 Å². The second-order valence-corrected chi connectivity index (χ2v) is 4.86. The molecule has 0 saturated carbocycles. The first-order chi connectivity index (χ1) is 10.1. The smallest absolute Gasteiger partial charge is 0.339 e. The molecule has 0 aliphatic heterocycles. The molecular formula is C14H13N4O3-. The van der Waals surface area contributed by atoms with Gasteiger partial charge in [0.15, 0.2) is 0 Å². The van der Waals surface area contributed by atoms with Crippen LogP contribution in [0.1, 0.15) is 22.5 Å². The maximum absolute atomic E-state index is 11.8. The van der Waals surface area contributed by atoms with Crippen LogP contribution < -0.4 is 15.5 Å². The Morgan fingerprint density at radius 2 is 2.05 bits per heavy atom. The Balaban J connectivity index is 2.12. The van der Waals surface area contributed by atoms with Crippen LogP contribution in [0.15, 0.2) is 21.3 Å². The van der Waals surface area contributed by atoms with Crippen LogP contribution in [-0.2, 0) is 6.61 Å². The first-order valence-corrected chi connectivity index (χ1v) is 6.41. The van der Waals surface area contributed by atoms with E-state index < -0.39 is 0 Å². The molecule has 0 radical (unpaired) electrons. The molecule has 0 spiro atoms. The number of hydrogen-bond donors (Lipinski definition) is 0. The van der Waals surface area contributed by atoms with Crippen LogP contribution in [0, 0.1) is 20.8 Å². The van der Waals surface area contributed by atoms with Crippen LogP contribution in [0.3, 0.4) is 0 Å². The van der Waals surface area contributed by atoms with Gasteiger partial charge >= 0.3 is 5.63 Å². The molecular weight excluding hydrogens is 272 g/mol. The molecule has 0 aliphatic rings. The Morgan fingerprint density at radius 1 is 1.24 bits per heavy atom. The molecule has 0 aliphatic carbocycles. The Kier molecular flexibility index (Phi) is 3.17. The van der Waals surface area contributed by atoms with Crippen molar-refractivity contribution in [1.82, 2.24) is 20.6 Å². The van der Waals surface area contributed by atoms with E-state index in [4.69, 9.17) is 9.15 Å². The number of tetrazole rings is 1. The van der Waals surface area contributed by atoms with Gasteiger partial charge in [-0.05, 0) is 44.0 Å². The number of fused-ring (bicyclic) bond motifs is 1. The van der Waals surface area contributed by atoms with Crippen molar-refractivity contribution in [2.75, 3.05) is 0 Å². The fourth-order valence-corrected chi connectivity index (χ4v) is 2.17. The van der Waals surface area contributed by atoms with Gasteiger partial charge in [0.05, 0.1) is 5.39 Å². The van der Waals surface area contributed by atoms with Gasteiger partial charge in [0.25, 0.3) is 0 Å². The zero-order valence-corrected chi connectivity index (χ0v) is 11.9. The van der Waals surface area contributed by atoms with Crippen molar-refractivity contribution in [3.8, 4) is 5.75 Å². The highest BCUT2D eigenvalue weighted by atomic mass is 16.5. The van der Waals surface area contributed by atoms with Gasteiger partial charge in [0.1, 0.15) is 17.9 Å². The third-order valence-corrected chi connectivity index (χ3v) is 3.37. The summed E-state index contributed by atoms with van der Waals surface area (Å²) >= 11 is 0. The fourth-order valence-electron chi connectivity index (χ4n) is 2.17. The lowest BCUT2D eigenvalue weighted by Gasteiger charge is -2.12. The van der Waals surface area contributed by atoms with E-state index in [0.717, 1.165) is 16.5 Å². The highest BCUT2D eigenvalue weighted by Crippen LogP contribution is 2.31. The minimum Gasteiger partial charge on any atom is -0.488 e. The number of aromatic nitrogens is 4. The average molecular weight is 285 g/mol. The minimum atomic E-state index is -0.329. The summed E-state index contributed by atoms with van der Waals surface area (Å²) in [6.45, 7) is 5.67. The number of rotatable bonds is 3. The van der Waals surface area contributed by atoms with Gasteiger partial charge in [0, 0.05) is 11.4 Å². The third-order valence-electron chi connectivity index (χ3n) is 3.37.